The summed E-state index contributed by atoms with van der Waals surface area (Å²) in [7, 11) is 2.75. The first kappa shape index (κ1) is 44.2. The minimum absolute atomic E-state index is 0.0681. The molecule has 0 amide bonds. The summed E-state index contributed by atoms with van der Waals surface area (Å²) in [5.74, 6) is 1.29. The van der Waals surface area contributed by atoms with Crippen molar-refractivity contribution in [3.8, 4) is 0 Å². The maximum absolute atomic E-state index is 11.0. The summed E-state index contributed by atoms with van der Waals surface area (Å²) >= 11 is 0. The van der Waals surface area contributed by atoms with Crippen LogP contribution >= 0.6 is 0 Å². The van der Waals surface area contributed by atoms with Crippen LogP contribution in [0.3, 0.4) is 0 Å². The maximum Gasteiger partial charge on any atom is 0.305 e. The third-order valence-corrected chi connectivity index (χ3v) is 9.35. The van der Waals surface area contributed by atoms with Gasteiger partial charge in [0.15, 0.2) is 12.2 Å². The molecule has 3 heterocycles. The first-order chi connectivity index (χ1) is 23.2. The van der Waals surface area contributed by atoms with Crippen molar-refractivity contribution < 1.29 is 62.2 Å². The number of nitrogens with zero attached hydrogens (tertiary/aromatic N) is 1. The van der Waals surface area contributed by atoms with Crippen molar-refractivity contribution in [2.24, 2.45) is 34.6 Å². The molecule has 14 heteroatoms. The number of hydrogen-bond acceptors (Lipinski definition) is 14. The topological polar surface area (TPSA) is 175 Å². The molecule has 1 N–H and O–H groups in total. The average molecular weight is 704 g/mol. The van der Waals surface area contributed by atoms with E-state index in [1.165, 1.54) is 28.1 Å². The molecule has 0 bridgehead atoms. The Labute approximate surface area is 291 Å². The van der Waals surface area contributed by atoms with Crippen molar-refractivity contribution in [1.82, 2.24) is 0 Å². The quantitative estimate of drug-likeness (QED) is 0.155. The third-order valence-electron chi connectivity index (χ3n) is 9.35. The predicted molar refractivity (Wildman–Crippen MR) is 179 cm³/mol. The number of carbonyl (C=O) groups is 4. The van der Waals surface area contributed by atoms with Crippen LogP contribution in [0.5, 0.6) is 0 Å². The minimum atomic E-state index is -0.318. The monoisotopic (exact) mass is 703 g/mol. The Balaban J connectivity index is 0.000000404. The molecule has 284 valence electrons. The Kier molecular flexibility index (Phi) is 21.3. The van der Waals surface area contributed by atoms with Crippen LogP contribution in [0.15, 0.2) is 4.99 Å². The molecule has 0 radical (unpaired) electrons. The van der Waals surface area contributed by atoms with Crippen LogP contribution < -0.4 is 0 Å². The van der Waals surface area contributed by atoms with E-state index in [0.717, 1.165) is 12.8 Å². The van der Waals surface area contributed by atoms with E-state index in [9.17, 15) is 19.2 Å². The summed E-state index contributed by atoms with van der Waals surface area (Å²) in [5.41, 5.74) is 0. The number of rotatable bonds is 14. The van der Waals surface area contributed by atoms with E-state index >= 15 is 0 Å². The molecule has 10 atom stereocenters. The summed E-state index contributed by atoms with van der Waals surface area (Å²) in [6.45, 7) is 16.5. The highest BCUT2D eigenvalue weighted by Gasteiger charge is 2.46. The lowest BCUT2D eigenvalue weighted by Gasteiger charge is -2.43. The second-order valence-electron chi connectivity index (χ2n) is 12.9. The second-order valence-corrected chi connectivity index (χ2v) is 12.9. The Morgan fingerprint density at radius 1 is 0.714 bits per heavy atom. The molecule has 3 aliphatic rings. The number of carbonyl (C=O) groups excluding carboxylic acids is 4. The van der Waals surface area contributed by atoms with E-state index in [0.29, 0.717) is 55.9 Å². The molecule has 49 heavy (non-hydrogen) atoms. The molecule has 2 saturated heterocycles. The summed E-state index contributed by atoms with van der Waals surface area (Å²) in [5, 5.41) is 8.30. The fraction of sp³-hybridized carbons (Fsp3) is 0.857. The lowest BCUT2D eigenvalue weighted by molar-refractivity contribution is -0.255. The van der Waals surface area contributed by atoms with Gasteiger partial charge in [0.2, 0.25) is 6.29 Å². The van der Waals surface area contributed by atoms with Gasteiger partial charge in [-0.15, -0.1) is 0 Å². The fourth-order valence-electron chi connectivity index (χ4n) is 5.57. The molecular weight excluding hydrogens is 642 g/mol. The van der Waals surface area contributed by atoms with Crippen LogP contribution in [0.1, 0.15) is 93.9 Å². The molecule has 0 saturated carbocycles. The van der Waals surface area contributed by atoms with Crippen LogP contribution in [-0.4, -0.2) is 106 Å². The highest BCUT2D eigenvalue weighted by atomic mass is 16.7. The van der Waals surface area contributed by atoms with Crippen molar-refractivity contribution in [3.63, 3.8) is 0 Å². The molecular formula is C35H61NO13. The summed E-state index contributed by atoms with van der Waals surface area (Å²) < 4.78 is 42.2. The number of methoxy groups -OCH3 is 2. The average Bonchev–Trinajstić information content (AvgIpc) is 3.45. The van der Waals surface area contributed by atoms with Gasteiger partial charge in [0, 0.05) is 52.7 Å². The van der Waals surface area contributed by atoms with Crippen LogP contribution in [-0.2, 0) is 57.1 Å². The zero-order valence-corrected chi connectivity index (χ0v) is 31.1. The Bertz CT molecular complexity index is 1040. The van der Waals surface area contributed by atoms with E-state index < -0.39 is 0 Å². The van der Waals surface area contributed by atoms with Crippen molar-refractivity contribution >= 4 is 29.8 Å². The second kappa shape index (κ2) is 23.6. The van der Waals surface area contributed by atoms with Crippen molar-refractivity contribution in [3.05, 3.63) is 0 Å². The third kappa shape index (κ3) is 16.2. The number of esters is 4. The number of unbranched alkanes of at least 4 members (excludes halogenated alkanes) is 2. The molecule has 2 fully saturated rings. The van der Waals surface area contributed by atoms with Gasteiger partial charge in [-0.3, -0.25) is 19.2 Å². The maximum atomic E-state index is 11.0. The van der Waals surface area contributed by atoms with Gasteiger partial charge in [-0.05, 0) is 49.4 Å². The minimum Gasteiger partial charge on any atom is -0.469 e. The molecule has 0 aromatic carbocycles. The first-order valence-electron chi connectivity index (χ1n) is 17.3. The molecule has 0 aromatic rings. The van der Waals surface area contributed by atoms with Crippen LogP contribution in [0, 0.1) is 29.6 Å². The standard InChI is InChI=1S/C17H30O6.C12H19NO4.C6H12O3/c1-11-12(2)15(10-22-14(4)18)23-17(13(11)3)21-9-7-6-8-16(19)20-5;1-6-7(2)11-12(16-8(3)13-11)17-10(6)5-15-9(4)14;1-9-6(8)4-2-3-5-7/h11-13,15,17H,6-10H2,1-5H3;6-7,10-12H,5H2,1-4H3;7H,2-5H2,1H3. The highest BCUT2D eigenvalue weighted by Crippen LogP contribution is 2.37. The zero-order chi connectivity index (χ0) is 37.1. The summed E-state index contributed by atoms with van der Waals surface area (Å²) in [4.78, 5) is 47.7. The van der Waals surface area contributed by atoms with E-state index in [1.807, 2.05) is 6.92 Å². The van der Waals surface area contributed by atoms with E-state index in [-0.39, 0.29) is 86.4 Å². The van der Waals surface area contributed by atoms with Gasteiger partial charge in [-0.25, -0.2) is 4.99 Å². The van der Waals surface area contributed by atoms with Gasteiger partial charge in [0.1, 0.15) is 19.3 Å². The molecule has 3 aliphatic heterocycles. The van der Waals surface area contributed by atoms with Crippen molar-refractivity contribution in [2.45, 2.75) is 125 Å². The van der Waals surface area contributed by atoms with Crippen LogP contribution in [0.4, 0.5) is 0 Å². The van der Waals surface area contributed by atoms with Crippen LogP contribution in [0.2, 0.25) is 0 Å². The van der Waals surface area contributed by atoms with Gasteiger partial charge in [0.05, 0.1) is 26.4 Å². The lowest BCUT2D eigenvalue weighted by Crippen LogP contribution is -2.49. The number of hydrogen-bond donors (Lipinski definition) is 1. The highest BCUT2D eigenvalue weighted by molar-refractivity contribution is 5.75. The number of aliphatic hydroxyl groups is 1. The molecule has 0 aromatic heterocycles. The fourth-order valence-corrected chi connectivity index (χ4v) is 5.57. The van der Waals surface area contributed by atoms with Gasteiger partial charge in [0.25, 0.3) is 0 Å². The Morgan fingerprint density at radius 3 is 1.73 bits per heavy atom. The van der Waals surface area contributed by atoms with Crippen molar-refractivity contribution in [2.75, 3.05) is 40.6 Å². The summed E-state index contributed by atoms with van der Waals surface area (Å²) in [6.07, 6.45) is 2.83. The largest absolute Gasteiger partial charge is 0.469 e. The predicted octanol–water partition coefficient (Wildman–Crippen LogP) is 4.23. The molecule has 14 nitrogen and oxygen atoms in total. The van der Waals surface area contributed by atoms with Crippen molar-refractivity contribution in [1.29, 1.82) is 0 Å². The molecule has 10 unspecified atom stereocenters. The zero-order valence-electron chi connectivity index (χ0n) is 31.1. The van der Waals surface area contributed by atoms with Crippen LogP contribution in [0.25, 0.3) is 0 Å². The molecule has 0 spiro atoms. The van der Waals surface area contributed by atoms with E-state index in [4.69, 9.17) is 33.5 Å². The Hall–Kier alpha value is -2.81. The number of fused-ring (bicyclic) bond motifs is 1. The normalized spacial score (nSPS) is 30.1. The van der Waals surface area contributed by atoms with Gasteiger partial charge >= 0.3 is 23.9 Å². The number of ether oxygens (including phenoxy) is 8. The first-order valence-corrected chi connectivity index (χ1v) is 17.3. The lowest BCUT2D eigenvalue weighted by atomic mass is 9.79. The van der Waals surface area contributed by atoms with Gasteiger partial charge in [-0.1, -0.05) is 34.6 Å². The number of aliphatic hydroxyl groups excluding tert-OH is 1. The Morgan fingerprint density at radius 2 is 1.22 bits per heavy atom. The smallest absolute Gasteiger partial charge is 0.305 e. The van der Waals surface area contributed by atoms with Gasteiger partial charge in [-0.2, -0.15) is 0 Å². The van der Waals surface area contributed by atoms with Gasteiger partial charge < -0.3 is 43.0 Å². The molecule has 3 rings (SSSR count). The van der Waals surface area contributed by atoms with E-state index in [1.54, 1.807) is 0 Å². The van der Waals surface area contributed by atoms with E-state index in [2.05, 4.69) is 49.1 Å². The number of aliphatic imine (C=N–C) groups is 1. The summed E-state index contributed by atoms with van der Waals surface area (Å²) in [6, 6.07) is 0.0681. The molecule has 0 aliphatic carbocycles. The SMILES string of the molecule is CC(=O)OCC1OC2OC(C)=NC2C(C)C1C.COC(=O)CCCCO.COC(=O)CCCCOC1OC(COC(C)=O)C(C)C(C)C1C.